The highest BCUT2D eigenvalue weighted by atomic mass is 128. The maximum atomic E-state index is 6.85. The summed E-state index contributed by atoms with van der Waals surface area (Å²) < 4.78 is 4.73. The number of fused-ring (bicyclic) bond motifs is 6. The van der Waals surface area contributed by atoms with Crippen molar-refractivity contribution in [1.82, 2.24) is 18.9 Å². The molecule has 7 nitrogen and oxygen atoms in total. The smallest absolute Gasteiger partial charge is 0.215 e. The molecule has 50 heavy (non-hydrogen) atoms. The molecular weight excluding hydrogens is 844 g/mol. The molecule has 9 heteroatoms. The SMILES string of the molecule is CC.CC.Cn1c2c(c3ccccc31)CN(CCCCN)CC2.II.[C-]#[N+]CCCC.[C-]#[N+]CCCN1CCc2c(c3ccccc3n2C)C1. The molecule has 2 aliphatic heterocycles. The summed E-state index contributed by atoms with van der Waals surface area (Å²) >= 11 is 4.24. The Kier molecular flexibility index (Phi) is 25.2. The van der Waals surface area contributed by atoms with Crippen molar-refractivity contribution in [3.8, 4) is 0 Å². The highest BCUT2D eigenvalue weighted by molar-refractivity contribution is 15.0. The number of rotatable bonds is 9. The molecule has 2 aliphatic rings. The lowest BCUT2D eigenvalue weighted by Gasteiger charge is -2.27. The number of benzene rings is 2. The van der Waals surface area contributed by atoms with E-state index in [2.05, 4.69) is 135 Å². The average Bonchev–Trinajstić information content (AvgIpc) is 3.63. The molecule has 2 aromatic heterocycles. The monoisotopic (exact) mass is 907 g/mol. The molecule has 276 valence electrons. The van der Waals surface area contributed by atoms with Gasteiger partial charge in [-0.3, -0.25) is 9.80 Å². The quantitative estimate of drug-likeness (QED) is 0.103. The van der Waals surface area contributed by atoms with Gasteiger partial charge >= 0.3 is 0 Å². The third-order valence-electron chi connectivity index (χ3n) is 9.08. The molecule has 4 aromatic rings. The van der Waals surface area contributed by atoms with E-state index in [1.54, 1.807) is 0 Å². The maximum Gasteiger partial charge on any atom is 0.215 e. The number of para-hydroxylation sites is 2. The molecule has 2 aromatic carbocycles. The highest BCUT2D eigenvalue weighted by Crippen LogP contribution is 2.31. The van der Waals surface area contributed by atoms with Gasteiger partial charge in [-0.2, -0.15) is 0 Å². The minimum atomic E-state index is 0.652. The number of halogens is 2. The number of nitrogens with two attached hydrogens (primary N) is 1. The van der Waals surface area contributed by atoms with Crippen LogP contribution < -0.4 is 5.73 Å². The Morgan fingerprint density at radius 3 is 1.48 bits per heavy atom. The lowest BCUT2D eigenvalue weighted by Crippen LogP contribution is -2.32. The van der Waals surface area contributed by atoms with Gasteiger partial charge < -0.3 is 24.6 Å². The van der Waals surface area contributed by atoms with Crippen LogP contribution in [0.1, 0.15) is 89.2 Å². The highest BCUT2D eigenvalue weighted by Gasteiger charge is 2.23. The first kappa shape index (κ1) is 45.9. The summed E-state index contributed by atoms with van der Waals surface area (Å²) in [5.41, 5.74) is 14.3. The summed E-state index contributed by atoms with van der Waals surface area (Å²) in [5.74, 6) is 0. The lowest BCUT2D eigenvalue weighted by molar-refractivity contribution is 0.248. The van der Waals surface area contributed by atoms with Crippen molar-refractivity contribution in [1.29, 1.82) is 0 Å². The molecule has 0 spiro atoms. The van der Waals surface area contributed by atoms with Gasteiger partial charge in [0, 0.05) is 143 Å². The molecule has 2 N–H and O–H groups in total. The lowest BCUT2D eigenvalue weighted by atomic mass is 10.0. The molecule has 0 amide bonds. The Bertz CT molecular complexity index is 1580. The van der Waals surface area contributed by atoms with Gasteiger partial charge in [-0.05, 0) is 55.6 Å². The second-order valence-corrected chi connectivity index (χ2v) is 12.0. The fourth-order valence-electron chi connectivity index (χ4n) is 6.64. The summed E-state index contributed by atoms with van der Waals surface area (Å²) in [6.07, 6.45) is 7.84. The average molecular weight is 908 g/mol. The van der Waals surface area contributed by atoms with Gasteiger partial charge in [-0.1, -0.05) is 71.0 Å². The summed E-state index contributed by atoms with van der Waals surface area (Å²) in [5, 5.41) is 2.83. The second kappa shape index (κ2) is 27.5. The van der Waals surface area contributed by atoms with Gasteiger partial charge in [0.15, 0.2) is 0 Å². The van der Waals surface area contributed by atoms with E-state index in [0.29, 0.717) is 13.1 Å². The Labute approximate surface area is 327 Å². The van der Waals surface area contributed by atoms with E-state index in [-0.39, 0.29) is 0 Å². The van der Waals surface area contributed by atoms with Crippen LogP contribution in [0.5, 0.6) is 0 Å². The van der Waals surface area contributed by atoms with Crippen LogP contribution in [0.3, 0.4) is 0 Å². The van der Waals surface area contributed by atoms with Crippen LogP contribution in [0, 0.1) is 13.1 Å². The third-order valence-corrected chi connectivity index (χ3v) is 9.08. The van der Waals surface area contributed by atoms with Crippen molar-refractivity contribution in [3.63, 3.8) is 0 Å². The summed E-state index contributed by atoms with van der Waals surface area (Å²) in [6.45, 7) is 32.1. The number of unbranched alkanes of at least 4 members (excludes halogenated alkanes) is 2. The first-order valence-electron chi connectivity index (χ1n) is 18.6. The molecule has 0 aliphatic carbocycles. The van der Waals surface area contributed by atoms with Gasteiger partial charge in [0.2, 0.25) is 13.1 Å². The van der Waals surface area contributed by atoms with Crippen LogP contribution in [0.15, 0.2) is 48.5 Å². The fraction of sp³-hybridized carbons (Fsp3) is 0.561. The van der Waals surface area contributed by atoms with Crippen LogP contribution in [0.2, 0.25) is 0 Å². The zero-order valence-corrected chi connectivity index (χ0v) is 36.3. The van der Waals surface area contributed by atoms with Crippen LogP contribution >= 0.6 is 37.2 Å². The van der Waals surface area contributed by atoms with E-state index in [4.69, 9.17) is 18.9 Å². The van der Waals surface area contributed by atoms with Gasteiger partial charge in [0.05, 0.1) is 0 Å². The molecule has 0 unspecified atom stereocenters. The molecule has 0 saturated heterocycles. The fourth-order valence-corrected chi connectivity index (χ4v) is 6.64. The van der Waals surface area contributed by atoms with Crippen molar-refractivity contribution in [3.05, 3.63) is 93.9 Å². The summed E-state index contributed by atoms with van der Waals surface area (Å²) in [4.78, 5) is 11.7. The van der Waals surface area contributed by atoms with Gasteiger partial charge in [0.1, 0.15) is 0 Å². The van der Waals surface area contributed by atoms with Crippen LogP contribution in [0.4, 0.5) is 0 Å². The first-order valence-corrected chi connectivity index (χ1v) is 24.9. The van der Waals surface area contributed by atoms with Crippen molar-refractivity contribution in [2.45, 2.75) is 92.7 Å². The Balaban J connectivity index is 0.000000383. The Morgan fingerprint density at radius 1 is 0.660 bits per heavy atom. The second-order valence-electron chi connectivity index (χ2n) is 12.0. The number of aromatic nitrogens is 2. The van der Waals surface area contributed by atoms with E-state index < -0.39 is 0 Å². The molecular formula is C41H63I2N7. The number of hydrogen-bond acceptors (Lipinski definition) is 3. The van der Waals surface area contributed by atoms with Crippen molar-refractivity contribution < 1.29 is 0 Å². The van der Waals surface area contributed by atoms with E-state index in [0.717, 1.165) is 64.8 Å². The van der Waals surface area contributed by atoms with E-state index >= 15 is 0 Å². The van der Waals surface area contributed by atoms with E-state index in [9.17, 15) is 0 Å². The predicted octanol–water partition coefficient (Wildman–Crippen LogP) is 10.7. The number of hydrogen-bond donors (Lipinski definition) is 1. The standard InChI is InChI=1S/C16H19N3.C16H23N3.C5H9N.2C2H6.I2/c1-17-9-5-10-19-11-8-16-14(12-19)13-6-3-4-7-15(13)18(16)2;1-18-15-7-3-2-6-13(15)14-12-19(10-5-4-9-17)11-8-16(14)18;1-3-4-5-6-2;3*1-2/h3-4,6-7H,5,8-12H2,2H3;2-3,6-7H,4-5,8-12,17H2,1H3;3-5H2,1H3;2*1-2H3;. The topological polar surface area (TPSA) is 51.1 Å². The number of aryl methyl sites for hydroxylation is 2. The zero-order valence-electron chi connectivity index (χ0n) is 31.9. The Morgan fingerprint density at radius 2 is 1.08 bits per heavy atom. The minimum absolute atomic E-state index is 0.652. The van der Waals surface area contributed by atoms with Crippen molar-refractivity contribution >= 4 is 59.0 Å². The normalized spacial score (nSPS) is 13.1. The molecule has 0 atom stereocenters. The third kappa shape index (κ3) is 13.4. The van der Waals surface area contributed by atoms with Crippen LogP contribution in [0.25, 0.3) is 31.5 Å². The maximum absolute atomic E-state index is 6.85. The van der Waals surface area contributed by atoms with Gasteiger partial charge in [0.25, 0.3) is 0 Å². The largest absolute Gasteiger partial charge is 0.347 e. The molecule has 6 rings (SSSR count). The molecule has 4 heterocycles. The van der Waals surface area contributed by atoms with E-state index in [1.165, 1.54) is 70.3 Å². The number of nitrogens with zero attached hydrogens (tertiary/aromatic N) is 6. The van der Waals surface area contributed by atoms with Crippen LogP contribution in [-0.2, 0) is 40.0 Å². The zero-order chi connectivity index (χ0) is 37.3. The first-order chi connectivity index (χ1) is 24.5. The molecule has 0 bridgehead atoms. The van der Waals surface area contributed by atoms with Crippen molar-refractivity contribution in [2.75, 3.05) is 45.8 Å². The molecule has 0 fully saturated rings. The van der Waals surface area contributed by atoms with E-state index in [1.807, 2.05) is 27.7 Å². The van der Waals surface area contributed by atoms with Crippen LogP contribution in [-0.4, -0.2) is 64.7 Å². The minimum Gasteiger partial charge on any atom is -0.347 e. The van der Waals surface area contributed by atoms with Gasteiger partial charge in [-0.15, -0.1) is 0 Å². The Hall–Kier alpha value is -2.16. The molecule has 0 saturated carbocycles. The van der Waals surface area contributed by atoms with Crippen molar-refractivity contribution in [2.24, 2.45) is 19.8 Å². The summed E-state index contributed by atoms with van der Waals surface area (Å²) in [6, 6.07) is 17.4. The summed E-state index contributed by atoms with van der Waals surface area (Å²) in [7, 11) is 4.38. The molecule has 0 radical (unpaired) electrons. The van der Waals surface area contributed by atoms with Gasteiger partial charge in [-0.25, -0.2) is 13.1 Å². The predicted molar refractivity (Wildman–Crippen MR) is 235 cm³/mol.